The quantitative estimate of drug-likeness (QED) is 0.210. The van der Waals surface area contributed by atoms with E-state index in [9.17, 15) is 31.9 Å². The van der Waals surface area contributed by atoms with Crippen molar-refractivity contribution >= 4 is 67.2 Å². The molecule has 0 aliphatic heterocycles. The SMILES string of the molecule is O=C(OCC(F)(F)S(=O)(=O)O)c1ccccc1C(=O)Oc1cc(I)c(O)cc1I. The van der Waals surface area contributed by atoms with Crippen LogP contribution in [0.5, 0.6) is 11.5 Å². The Bertz CT molecular complexity index is 1070. The number of phenolic OH excluding ortho intramolecular Hbond substituents is 1. The summed E-state index contributed by atoms with van der Waals surface area (Å²) < 4.78 is 66.3. The zero-order valence-electron chi connectivity index (χ0n) is 13.9. The van der Waals surface area contributed by atoms with Crippen LogP contribution in [0.1, 0.15) is 20.7 Å². The first-order valence-electron chi connectivity index (χ1n) is 7.34. The maximum absolute atomic E-state index is 13.2. The van der Waals surface area contributed by atoms with Crippen molar-refractivity contribution < 1.29 is 45.9 Å². The van der Waals surface area contributed by atoms with Crippen LogP contribution in [0.25, 0.3) is 0 Å². The van der Waals surface area contributed by atoms with Crippen LogP contribution in [0.3, 0.4) is 0 Å². The predicted octanol–water partition coefficient (Wildman–Crippen LogP) is 3.46. The zero-order valence-corrected chi connectivity index (χ0v) is 19.1. The molecular formula is C16H10F2I2O8S. The van der Waals surface area contributed by atoms with Crippen molar-refractivity contribution in [3.63, 3.8) is 0 Å². The molecule has 0 saturated heterocycles. The van der Waals surface area contributed by atoms with Gasteiger partial charge >= 0.3 is 27.3 Å². The third kappa shape index (κ3) is 5.73. The summed E-state index contributed by atoms with van der Waals surface area (Å²) in [6.45, 7) is -1.94. The number of carbonyl (C=O) groups excluding carboxylic acids is 2. The summed E-state index contributed by atoms with van der Waals surface area (Å²) in [6, 6.07) is 7.70. The summed E-state index contributed by atoms with van der Waals surface area (Å²) in [7, 11) is -5.78. The fraction of sp³-hybridized carbons (Fsp3) is 0.125. The van der Waals surface area contributed by atoms with Gasteiger partial charge in [0.1, 0.15) is 11.5 Å². The van der Waals surface area contributed by atoms with E-state index >= 15 is 0 Å². The Labute approximate surface area is 190 Å². The van der Waals surface area contributed by atoms with Crippen LogP contribution in [0.4, 0.5) is 8.78 Å². The van der Waals surface area contributed by atoms with Gasteiger partial charge in [-0.05, 0) is 69.4 Å². The smallest absolute Gasteiger partial charge is 0.402 e. The van der Waals surface area contributed by atoms with E-state index in [4.69, 9.17) is 9.29 Å². The van der Waals surface area contributed by atoms with Crippen LogP contribution in [0.2, 0.25) is 0 Å². The Balaban J connectivity index is 2.25. The Morgan fingerprint density at radius 2 is 1.59 bits per heavy atom. The van der Waals surface area contributed by atoms with Crippen LogP contribution in [0.15, 0.2) is 36.4 Å². The minimum Gasteiger partial charge on any atom is -0.507 e. The molecule has 29 heavy (non-hydrogen) atoms. The molecule has 0 spiro atoms. The molecule has 2 aromatic carbocycles. The van der Waals surface area contributed by atoms with E-state index < -0.39 is 39.5 Å². The van der Waals surface area contributed by atoms with Gasteiger partial charge in [-0.3, -0.25) is 4.55 Å². The first-order chi connectivity index (χ1) is 13.3. The summed E-state index contributed by atoms with van der Waals surface area (Å²) >= 11 is 3.62. The summed E-state index contributed by atoms with van der Waals surface area (Å²) in [5.41, 5.74) is -0.779. The molecule has 0 radical (unpaired) electrons. The molecule has 0 aliphatic rings. The highest BCUT2D eigenvalue weighted by atomic mass is 127. The number of phenols is 1. The molecule has 0 heterocycles. The number of alkyl halides is 2. The van der Waals surface area contributed by atoms with Crippen molar-refractivity contribution in [2.45, 2.75) is 5.25 Å². The van der Waals surface area contributed by atoms with E-state index in [0.29, 0.717) is 7.14 Å². The average molecular weight is 654 g/mol. The van der Waals surface area contributed by atoms with Gasteiger partial charge in [0, 0.05) is 0 Å². The Morgan fingerprint density at radius 3 is 2.14 bits per heavy atom. The predicted molar refractivity (Wildman–Crippen MR) is 112 cm³/mol. The van der Waals surface area contributed by atoms with Gasteiger partial charge in [0.05, 0.1) is 18.3 Å². The lowest BCUT2D eigenvalue weighted by Gasteiger charge is -2.14. The molecular weight excluding hydrogens is 644 g/mol. The van der Waals surface area contributed by atoms with Gasteiger partial charge < -0.3 is 14.6 Å². The molecule has 0 amide bonds. The molecule has 0 aliphatic carbocycles. The van der Waals surface area contributed by atoms with Gasteiger partial charge in [-0.1, -0.05) is 12.1 Å². The number of hydrogen-bond acceptors (Lipinski definition) is 7. The van der Waals surface area contributed by atoms with Crippen LogP contribution in [0, 0.1) is 7.14 Å². The highest BCUT2D eigenvalue weighted by Crippen LogP contribution is 2.31. The second-order valence-corrected chi connectivity index (χ2v) is 9.23. The second kappa shape index (κ2) is 9.05. The summed E-state index contributed by atoms with van der Waals surface area (Å²) in [5, 5.41) is 4.93. The zero-order chi connectivity index (χ0) is 22.0. The molecule has 8 nitrogen and oxygen atoms in total. The van der Waals surface area contributed by atoms with Crippen LogP contribution in [-0.2, 0) is 14.9 Å². The topological polar surface area (TPSA) is 127 Å². The molecule has 2 aromatic rings. The van der Waals surface area contributed by atoms with Crippen molar-refractivity contribution in [2.24, 2.45) is 0 Å². The molecule has 0 saturated carbocycles. The number of halogens is 4. The van der Waals surface area contributed by atoms with Crippen molar-refractivity contribution in [1.29, 1.82) is 0 Å². The molecule has 0 unspecified atom stereocenters. The van der Waals surface area contributed by atoms with E-state index in [-0.39, 0.29) is 17.1 Å². The van der Waals surface area contributed by atoms with E-state index in [1.165, 1.54) is 30.3 Å². The van der Waals surface area contributed by atoms with Crippen molar-refractivity contribution in [2.75, 3.05) is 6.61 Å². The second-order valence-electron chi connectivity index (χ2n) is 5.36. The van der Waals surface area contributed by atoms with E-state index in [0.717, 1.165) is 6.07 Å². The molecule has 156 valence electrons. The number of aromatic hydroxyl groups is 1. The standard InChI is InChI=1S/C16H10F2I2O8S/c17-16(18,29(24,25)26)7-27-14(22)8-3-1-2-4-9(8)15(23)28-13-6-10(19)12(21)5-11(13)20/h1-6,21H,7H2,(H,24,25,26). The third-order valence-electron chi connectivity index (χ3n) is 3.32. The van der Waals surface area contributed by atoms with E-state index in [2.05, 4.69) is 4.74 Å². The van der Waals surface area contributed by atoms with Gasteiger partial charge in [-0.25, -0.2) is 9.59 Å². The Kier molecular flexibility index (Phi) is 7.39. The number of carbonyl (C=O) groups is 2. The normalized spacial score (nSPS) is 11.8. The number of benzene rings is 2. The monoisotopic (exact) mass is 654 g/mol. The van der Waals surface area contributed by atoms with E-state index in [1.54, 1.807) is 0 Å². The Hall–Kier alpha value is -1.59. The fourth-order valence-corrected chi connectivity index (χ4v) is 3.10. The summed E-state index contributed by atoms with van der Waals surface area (Å²) in [6.07, 6.45) is 0. The van der Waals surface area contributed by atoms with Crippen molar-refractivity contribution in [1.82, 2.24) is 0 Å². The van der Waals surface area contributed by atoms with Gasteiger partial charge in [0.2, 0.25) is 0 Å². The number of esters is 2. The van der Waals surface area contributed by atoms with Crippen LogP contribution < -0.4 is 4.74 Å². The largest absolute Gasteiger partial charge is 0.507 e. The summed E-state index contributed by atoms with van der Waals surface area (Å²) in [4.78, 5) is 24.6. The van der Waals surface area contributed by atoms with Crippen molar-refractivity contribution in [3.05, 3.63) is 54.7 Å². The average Bonchev–Trinajstić information content (AvgIpc) is 2.63. The molecule has 2 N–H and O–H groups in total. The molecule has 0 aromatic heterocycles. The van der Waals surface area contributed by atoms with Crippen LogP contribution >= 0.6 is 45.2 Å². The highest BCUT2D eigenvalue weighted by molar-refractivity contribution is 14.1. The number of rotatable bonds is 6. The Morgan fingerprint density at radius 1 is 1.03 bits per heavy atom. The van der Waals surface area contributed by atoms with E-state index in [1.807, 2.05) is 45.2 Å². The maximum Gasteiger partial charge on any atom is 0.402 e. The lowest BCUT2D eigenvalue weighted by atomic mass is 10.1. The minimum atomic E-state index is -5.78. The molecule has 0 bridgehead atoms. The molecule has 0 fully saturated rings. The summed E-state index contributed by atoms with van der Waals surface area (Å²) in [5.74, 6) is -2.38. The molecule has 13 heteroatoms. The van der Waals surface area contributed by atoms with Crippen molar-refractivity contribution in [3.8, 4) is 11.5 Å². The van der Waals surface area contributed by atoms with Gasteiger partial charge in [0.15, 0.2) is 6.61 Å². The van der Waals surface area contributed by atoms with Crippen LogP contribution in [-0.4, -0.2) is 41.9 Å². The van der Waals surface area contributed by atoms with Gasteiger partial charge in [0.25, 0.3) is 0 Å². The lowest BCUT2D eigenvalue weighted by Crippen LogP contribution is -2.34. The number of ether oxygens (including phenoxy) is 2. The highest BCUT2D eigenvalue weighted by Gasteiger charge is 2.45. The maximum atomic E-state index is 13.2. The fourth-order valence-electron chi connectivity index (χ4n) is 1.89. The third-order valence-corrected chi connectivity index (χ3v) is 5.90. The van der Waals surface area contributed by atoms with Gasteiger partial charge in [-0.2, -0.15) is 17.2 Å². The molecule has 2 rings (SSSR count). The molecule has 0 atom stereocenters. The lowest BCUT2D eigenvalue weighted by molar-refractivity contribution is -0.00962. The van der Waals surface area contributed by atoms with Gasteiger partial charge in [-0.15, -0.1) is 0 Å². The first-order valence-corrected chi connectivity index (χ1v) is 10.9. The minimum absolute atomic E-state index is 0.0291. The first kappa shape index (κ1) is 23.7. The number of hydrogen-bond donors (Lipinski definition) is 2.